The van der Waals surface area contributed by atoms with Gasteiger partial charge in [-0.3, -0.25) is 0 Å². The lowest BCUT2D eigenvalue weighted by atomic mass is 9.87. The maximum absolute atomic E-state index is 9.17. The largest absolute Gasteiger partial charge is 0.494 e. The Morgan fingerprint density at radius 1 is 1.39 bits per heavy atom. The number of nitrogens with zero attached hydrogens (tertiary/aromatic N) is 2. The molecule has 0 atom stereocenters. The van der Waals surface area contributed by atoms with E-state index in [0.717, 1.165) is 11.4 Å². The maximum atomic E-state index is 9.17. The van der Waals surface area contributed by atoms with Crippen molar-refractivity contribution in [1.82, 2.24) is 0 Å². The first kappa shape index (κ1) is 12.7. The standard InChI is InChI=1S/C14H18N2O2/c1-3-18-13-6-4-12(5-7-13)16(2)9-14(8-15)10-17-11-14/h4-7H,3,9-11H2,1-2H3. The lowest BCUT2D eigenvalue weighted by molar-refractivity contribution is -0.0716. The number of anilines is 1. The number of rotatable bonds is 5. The molecule has 18 heavy (non-hydrogen) atoms. The average Bonchev–Trinajstić information content (AvgIpc) is 2.35. The van der Waals surface area contributed by atoms with Crippen molar-refractivity contribution in [2.75, 3.05) is 38.3 Å². The monoisotopic (exact) mass is 246 g/mol. The SMILES string of the molecule is CCOc1ccc(N(C)CC2(C#N)COC2)cc1. The predicted molar refractivity (Wildman–Crippen MR) is 69.7 cm³/mol. The molecule has 4 nitrogen and oxygen atoms in total. The molecule has 1 saturated heterocycles. The minimum atomic E-state index is -0.340. The molecular weight excluding hydrogens is 228 g/mol. The van der Waals surface area contributed by atoms with E-state index in [-0.39, 0.29) is 5.41 Å². The van der Waals surface area contributed by atoms with Crippen molar-refractivity contribution in [1.29, 1.82) is 5.26 Å². The van der Waals surface area contributed by atoms with Gasteiger partial charge in [-0.2, -0.15) is 5.26 Å². The topological polar surface area (TPSA) is 45.5 Å². The van der Waals surface area contributed by atoms with E-state index in [1.54, 1.807) is 0 Å². The molecule has 1 aliphatic rings. The zero-order chi connectivity index (χ0) is 13.0. The molecule has 0 aliphatic carbocycles. The molecule has 1 aromatic rings. The highest BCUT2D eigenvalue weighted by Gasteiger charge is 2.40. The van der Waals surface area contributed by atoms with Crippen LogP contribution < -0.4 is 9.64 Å². The average molecular weight is 246 g/mol. The van der Waals surface area contributed by atoms with Crippen LogP contribution in [0.5, 0.6) is 5.75 Å². The van der Waals surface area contributed by atoms with Crippen LogP contribution in [0.3, 0.4) is 0 Å². The first-order chi connectivity index (χ1) is 8.69. The molecule has 0 N–H and O–H groups in total. The lowest BCUT2D eigenvalue weighted by Gasteiger charge is -2.38. The van der Waals surface area contributed by atoms with Gasteiger partial charge in [0.15, 0.2) is 0 Å². The second-order valence-corrected chi connectivity index (χ2v) is 4.67. The third-order valence-corrected chi connectivity index (χ3v) is 3.12. The highest BCUT2D eigenvalue weighted by molar-refractivity contribution is 5.49. The molecule has 1 fully saturated rings. The summed E-state index contributed by atoms with van der Waals surface area (Å²) in [7, 11) is 1.99. The summed E-state index contributed by atoms with van der Waals surface area (Å²) in [5.74, 6) is 0.872. The Bertz CT molecular complexity index is 432. The summed E-state index contributed by atoms with van der Waals surface area (Å²) in [5, 5.41) is 9.17. The molecule has 0 spiro atoms. The van der Waals surface area contributed by atoms with Crippen LogP contribution >= 0.6 is 0 Å². The summed E-state index contributed by atoms with van der Waals surface area (Å²) >= 11 is 0. The smallest absolute Gasteiger partial charge is 0.121 e. The Morgan fingerprint density at radius 3 is 2.50 bits per heavy atom. The Balaban J connectivity index is 2.00. The molecule has 1 heterocycles. The first-order valence-corrected chi connectivity index (χ1v) is 6.12. The van der Waals surface area contributed by atoms with E-state index >= 15 is 0 Å². The summed E-state index contributed by atoms with van der Waals surface area (Å²) in [6, 6.07) is 10.3. The van der Waals surface area contributed by atoms with Gasteiger partial charge in [0.1, 0.15) is 11.2 Å². The van der Waals surface area contributed by atoms with Crippen molar-refractivity contribution in [3.05, 3.63) is 24.3 Å². The maximum Gasteiger partial charge on any atom is 0.121 e. The van der Waals surface area contributed by atoms with Crippen molar-refractivity contribution in [3.63, 3.8) is 0 Å². The second-order valence-electron chi connectivity index (χ2n) is 4.67. The number of nitriles is 1. The van der Waals surface area contributed by atoms with Crippen molar-refractivity contribution in [2.24, 2.45) is 5.41 Å². The molecule has 1 aromatic carbocycles. The van der Waals surface area contributed by atoms with Crippen LogP contribution in [0.1, 0.15) is 6.92 Å². The van der Waals surface area contributed by atoms with Crippen LogP contribution in [0.4, 0.5) is 5.69 Å². The van der Waals surface area contributed by atoms with Gasteiger partial charge in [-0.15, -0.1) is 0 Å². The Morgan fingerprint density at radius 2 is 2.06 bits per heavy atom. The Hall–Kier alpha value is -1.73. The van der Waals surface area contributed by atoms with E-state index in [1.807, 2.05) is 38.2 Å². The Labute approximate surface area is 108 Å². The van der Waals surface area contributed by atoms with Crippen LogP contribution in [0.25, 0.3) is 0 Å². The molecule has 4 heteroatoms. The number of hydrogen-bond donors (Lipinski definition) is 0. The quantitative estimate of drug-likeness (QED) is 0.797. The van der Waals surface area contributed by atoms with Gasteiger partial charge in [0.05, 0.1) is 25.9 Å². The molecular formula is C14H18N2O2. The molecule has 0 unspecified atom stereocenters. The molecule has 96 valence electrons. The summed E-state index contributed by atoms with van der Waals surface area (Å²) in [4.78, 5) is 2.08. The van der Waals surface area contributed by atoms with Gasteiger partial charge < -0.3 is 14.4 Å². The molecule has 2 rings (SSSR count). The first-order valence-electron chi connectivity index (χ1n) is 6.12. The predicted octanol–water partition coefficient (Wildman–Crippen LogP) is 2.06. The summed E-state index contributed by atoms with van der Waals surface area (Å²) in [6.45, 7) is 4.39. The van der Waals surface area contributed by atoms with Gasteiger partial charge in [-0.25, -0.2) is 0 Å². The van der Waals surface area contributed by atoms with Gasteiger partial charge in [-0.1, -0.05) is 0 Å². The number of hydrogen-bond acceptors (Lipinski definition) is 4. The van der Waals surface area contributed by atoms with Crippen LogP contribution in [0.15, 0.2) is 24.3 Å². The minimum Gasteiger partial charge on any atom is -0.494 e. The van der Waals surface area contributed by atoms with Gasteiger partial charge in [0.2, 0.25) is 0 Å². The highest BCUT2D eigenvalue weighted by Crippen LogP contribution is 2.29. The zero-order valence-electron chi connectivity index (χ0n) is 10.8. The van der Waals surface area contributed by atoms with Crippen molar-refractivity contribution < 1.29 is 9.47 Å². The van der Waals surface area contributed by atoms with Gasteiger partial charge in [0.25, 0.3) is 0 Å². The molecule has 1 aliphatic heterocycles. The Kier molecular flexibility index (Phi) is 3.73. The molecule has 0 aromatic heterocycles. The fourth-order valence-corrected chi connectivity index (χ4v) is 2.05. The van der Waals surface area contributed by atoms with E-state index in [2.05, 4.69) is 11.0 Å². The van der Waals surface area contributed by atoms with E-state index in [0.29, 0.717) is 26.4 Å². The fraction of sp³-hybridized carbons (Fsp3) is 0.500. The minimum absolute atomic E-state index is 0.340. The van der Waals surface area contributed by atoms with E-state index in [9.17, 15) is 0 Å². The number of benzene rings is 1. The fourth-order valence-electron chi connectivity index (χ4n) is 2.05. The van der Waals surface area contributed by atoms with Crippen LogP contribution in [0.2, 0.25) is 0 Å². The van der Waals surface area contributed by atoms with Crippen molar-refractivity contribution in [2.45, 2.75) is 6.92 Å². The van der Waals surface area contributed by atoms with Gasteiger partial charge in [0, 0.05) is 19.3 Å². The summed E-state index contributed by atoms with van der Waals surface area (Å²) < 4.78 is 10.6. The van der Waals surface area contributed by atoms with E-state index < -0.39 is 0 Å². The van der Waals surface area contributed by atoms with E-state index in [1.165, 1.54) is 0 Å². The van der Waals surface area contributed by atoms with Gasteiger partial charge >= 0.3 is 0 Å². The third-order valence-electron chi connectivity index (χ3n) is 3.12. The molecule has 0 radical (unpaired) electrons. The molecule has 0 amide bonds. The van der Waals surface area contributed by atoms with Gasteiger partial charge in [-0.05, 0) is 31.2 Å². The van der Waals surface area contributed by atoms with Crippen LogP contribution in [-0.4, -0.2) is 33.4 Å². The summed E-state index contributed by atoms with van der Waals surface area (Å²) in [6.07, 6.45) is 0. The van der Waals surface area contributed by atoms with Crippen molar-refractivity contribution >= 4 is 5.69 Å². The second kappa shape index (κ2) is 5.28. The normalized spacial score (nSPS) is 16.5. The molecule has 0 saturated carbocycles. The zero-order valence-corrected chi connectivity index (χ0v) is 10.8. The van der Waals surface area contributed by atoms with Crippen LogP contribution in [0, 0.1) is 16.7 Å². The highest BCUT2D eigenvalue weighted by atomic mass is 16.5. The lowest BCUT2D eigenvalue weighted by Crippen LogP contribution is -2.49. The van der Waals surface area contributed by atoms with Crippen LogP contribution in [-0.2, 0) is 4.74 Å². The summed E-state index contributed by atoms with van der Waals surface area (Å²) in [5.41, 5.74) is 0.743. The van der Waals surface area contributed by atoms with E-state index in [4.69, 9.17) is 14.7 Å². The van der Waals surface area contributed by atoms with Crippen molar-refractivity contribution in [3.8, 4) is 11.8 Å². The molecule has 0 bridgehead atoms. The number of ether oxygens (including phenoxy) is 2. The third kappa shape index (κ3) is 2.57.